The number of nitrogens with zero attached hydrogens (tertiary/aromatic N) is 3. The largest absolute Gasteiger partial charge is 0.418 e. The van der Waals surface area contributed by atoms with Crippen LogP contribution in [-0.4, -0.2) is 14.5 Å². The van der Waals surface area contributed by atoms with Gasteiger partial charge in [-0.2, -0.15) is 9.37 Å². The van der Waals surface area contributed by atoms with Crippen LogP contribution in [0.3, 0.4) is 0 Å². The maximum atomic E-state index is 13.1. The van der Waals surface area contributed by atoms with Crippen molar-refractivity contribution in [3.05, 3.63) is 48.5 Å². The summed E-state index contributed by atoms with van der Waals surface area (Å²) in [5.74, 6) is -0.123. The van der Waals surface area contributed by atoms with Gasteiger partial charge in [0.15, 0.2) is 0 Å². The van der Waals surface area contributed by atoms with E-state index in [1.54, 1.807) is 6.07 Å². The smallest absolute Gasteiger partial charge is 0.250 e. The van der Waals surface area contributed by atoms with Gasteiger partial charge in [-0.1, -0.05) is 0 Å². The Morgan fingerprint density at radius 2 is 2.00 bits per heavy atom. The second-order valence-corrected chi connectivity index (χ2v) is 4.68. The Balaban J connectivity index is 1.91. The summed E-state index contributed by atoms with van der Waals surface area (Å²) in [5, 5.41) is 1.10. The summed E-state index contributed by atoms with van der Waals surface area (Å²) >= 11 is 0. The zero-order valence-corrected chi connectivity index (χ0v) is 10.7. The lowest BCUT2D eigenvalue weighted by atomic mass is 10.1. The molecule has 0 radical (unpaired) electrons. The number of pyridine rings is 1. The number of halogens is 1. The molecule has 3 heterocycles. The third kappa shape index (κ3) is 1.60. The van der Waals surface area contributed by atoms with Gasteiger partial charge in [0.05, 0.1) is 0 Å². The van der Waals surface area contributed by atoms with E-state index in [2.05, 4.69) is 9.97 Å². The minimum absolute atomic E-state index is 0.216. The molecule has 0 aliphatic heterocycles. The lowest BCUT2D eigenvalue weighted by Crippen LogP contribution is -1.83. The quantitative estimate of drug-likeness (QED) is 0.495. The molecular formula is C15H10FN3O. The highest BCUT2D eigenvalue weighted by Crippen LogP contribution is 2.26. The summed E-state index contributed by atoms with van der Waals surface area (Å²) in [6.45, 7) is 0. The Morgan fingerprint density at radius 1 is 1.10 bits per heavy atom. The van der Waals surface area contributed by atoms with E-state index in [-0.39, 0.29) is 5.71 Å². The Kier molecular flexibility index (Phi) is 2.18. The first-order chi connectivity index (χ1) is 9.70. The molecule has 0 atom stereocenters. The standard InChI is InChI=1S/C15H10FN3O/c1-19-7-6-9-8-10(2-4-12(9)19)14-17-11-3-5-13(16)18-15(11)20-14/h2-8H,1H3/i16-1. The average Bonchev–Trinajstić information content (AvgIpc) is 3.02. The molecule has 98 valence electrons. The van der Waals surface area contributed by atoms with Crippen LogP contribution in [0.2, 0.25) is 0 Å². The molecule has 0 N–H and O–H groups in total. The number of hydrogen-bond acceptors (Lipinski definition) is 3. The molecule has 0 fully saturated rings. The summed E-state index contributed by atoms with van der Waals surface area (Å²) in [7, 11) is 1.99. The zero-order chi connectivity index (χ0) is 13.7. The minimum atomic E-state index is -0.571. The molecule has 4 aromatic rings. The van der Waals surface area contributed by atoms with Gasteiger partial charge in [0.2, 0.25) is 17.6 Å². The van der Waals surface area contributed by atoms with Crippen molar-refractivity contribution in [2.45, 2.75) is 0 Å². The fourth-order valence-electron chi connectivity index (χ4n) is 2.33. The van der Waals surface area contributed by atoms with E-state index in [0.717, 1.165) is 16.5 Å². The van der Waals surface area contributed by atoms with Crippen molar-refractivity contribution < 1.29 is 8.81 Å². The first-order valence-corrected chi connectivity index (χ1v) is 6.19. The highest BCUT2D eigenvalue weighted by Gasteiger charge is 2.11. The molecular weight excluding hydrogens is 256 g/mol. The molecule has 20 heavy (non-hydrogen) atoms. The van der Waals surface area contributed by atoms with Gasteiger partial charge < -0.3 is 8.98 Å². The molecule has 0 unspecified atom stereocenters. The van der Waals surface area contributed by atoms with Crippen molar-refractivity contribution in [1.29, 1.82) is 0 Å². The highest BCUT2D eigenvalue weighted by molar-refractivity contribution is 5.85. The molecule has 4 nitrogen and oxygen atoms in total. The van der Waals surface area contributed by atoms with Crippen molar-refractivity contribution in [3.8, 4) is 11.5 Å². The maximum absolute atomic E-state index is 13.1. The lowest BCUT2D eigenvalue weighted by molar-refractivity contribution is 0.559. The SMILES string of the molecule is Cn1ccc2cc(-c3nc4ccc([18F])nc4o3)ccc21. The predicted molar refractivity (Wildman–Crippen MR) is 73.7 cm³/mol. The van der Waals surface area contributed by atoms with Gasteiger partial charge >= 0.3 is 0 Å². The molecule has 4 rings (SSSR count). The van der Waals surface area contributed by atoms with E-state index < -0.39 is 5.95 Å². The molecule has 0 saturated carbocycles. The molecule has 3 aromatic heterocycles. The van der Waals surface area contributed by atoms with Crippen molar-refractivity contribution in [1.82, 2.24) is 14.5 Å². The Labute approximate surface area is 113 Å². The third-order valence-corrected chi connectivity index (χ3v) is 3.35. The Morgan fingerprint density at radius 3 is 2.90 bits per heavy atom. The lowest BCUT2D eigenvalue weighted by Gasteiger charge is -1.98. The van der Waals surface area contributed by atoms with E-state index in [4.69, 9.17) is 4.42 Å². The number of aromatic nitrogens is 3. The molecule has 1 aromatic carbocycles. The van der Waals surface area contributed by atoms with E-state index in [9.17, 15) is 4.39 Å². The third-order valence-electron chi connectivity index (χ3n) is 3.35. The summed E-state index contributed by atoms with van der Waals surface area (Å²) in [6, 6.07) is 10.8. The van der Waals surface area contributed by atoms with Crippen LogP contribution >= 0.6 is 0 Å². The molecule has 0 aliphatic rings. The Bertz CT molecular complexity index is 939. The van der Waals surface area contributed by atoms with Gasteiger partial charge in [-0.15, -0.1) is 0 Å². The second kappa shape index (κ2) is 3.90. The number of hydrogen-bond donors (Lipinski definition) is 0. The normalized spacial score (nSPS) is 11.5. The number of fused-ring (bicyclic) bond motifs is 2. The number of benzene rings is 1. The second-order valence-electron chi connectivity index (χ2n) is 4.68. The summed E-state index contributed by atoms with van der Waals surface area (Å²) in [4.78, 5) is 8.02. The van der Waals surface area contributed by atoms with Crippen molar-refractivity contribution in [2.24, 2.45) is 7.05 Å². The fourth-order valence-corrected chi connectivity index (χ4v) is 2.33. The van der Waals surface area contributed by atoms with Gasteiger partial charge in [-0.05, 0) is 36.4 Å². The van der Waals surface area contributed by atoms with E-state index in [1.165, 1.54) is 6.07 Å². The Hall–Kier alpha value is -2.69. The van der Waals surface area contributed by atoms with E-state index in [1.807, 2.05) is 42.1 Å². The predicted octanol–water partition coefficient (Wildman–Crippen LogP) is 3.52. The topological polar surface area (TPSA) is 43.9 Å². The highest BCUT2D eigenvalue weighted by atomic mass is 18.2. The molecule has 0 saturated heterocycles. The number of aryl methyl sites for hydroxylation is 1. The first kappa shape index (κ1) is 11.2. The average molecular weight is 266 g/mol. The molecule has 0 bridgehead atoms. The summed E-state index contributed by atoms with van der Waals surface area (Å²) < 4.78 is 20.6. The summed E-state index contributed by atoms with van der Waals surface area (Å²) in [5.41, 5.74) is 2.75. The zero-order valence-electron chi connectivity index (χ0n) is 10.7. The van der Waals surface area contributed by atoms with Crippen LogP contribution in [0.5, 0.6) is 0 Å². The first-order valence-electron chi connectivity index (χ1n) is 6.19. The van der Waals surface area contributed by atoms with Crippen LogP contribution in [0.4, 0.5) is 4.39 Å². The van der Waals surface area contributed by atoms with Gasteiger partial charge in [-0.25, -0.2) is 4.98 Å². The summed E-state index contributed by atoms with van der Waals surface area (Å²) in [6.07, 6.45) is 2.00. The van der Waals surface area contributed by atoms with Crippen LogP contribution in [0.25, 0.3) is 33.6 Å². The van der Waals surface area contributed by atoms with Crippen LogP contribution in [0.1, 0.15) is 0 Å². The molecule has 0 amide bonds. The van der Waals surface area contributed by atoms with Gasteiger partial charge in [0.1, 0.15) is 5.52 Å². The molecule has 5 heteroatoms. The fraction of sp³-hybridized carbons (Fsp3) is 0.0667. The van der Waals surface area contributed by atoms with Crippen molar-refractivity contribution in [2.75, 3.05) is 0 Å². The van der Waals surface area contributed by atoms with Crippen LogP contribution in [0.15, 0.2) is 47.0 Å². The number of rotatable bonds is 1. The van der Waals surface area contributed by atoms with E-state index in [0.29, 0.717) is 11.4 Å². The monoisotopic (exact) mass is 266 g/mol. The minimum Gasteiger partial charge on any atom is -0.418 e. The van der Waals surface area contributed by atoms with Gasteiger partial charge in [-0.3, -0.25) is 0 Å². The van der Waals surface area contributed by atoms with Gasteiger partial charge in [0.25, 0.3) is 0 Å². The van der Waals surface area contributed by atoms with Crippen molar-refractivity contribution in [3.63, 3.8) is 0 Å². The molecule has 0 spiro atoms. The number of oxazole rings is 1. The maximum Gasteiger partial charge on any atom is 0.250 e. The van der Waals surface area contributed by atoms with E-state index >= 15 is 0 Å². The van der Waals surface area contributed by atoms with Crippen LogP contribution < -0.4 is 0 Å². The van der Waals surface area contributed by atoms with Crippen LogP contribution in [-0.2, 0) is 7.05 Å². The van der Waals surface area contributed by atoms with Crippen molar-refractivity contribution >= 4 is 22.1 Å². The molecule has 0 aliphatic carbocycles. The van der Waals surface area contributed by atoms with Gasteiger partial charge in [0, 0.05) is 29.7 Å². The van der Waals surface area contributed by atoms with Crippen LogP contribution in [0, 0.1) is 5.95 Å².